The number of rotatable bonds is 12. The molecule has 4 aliphatic heterocycles. The average molecular weight is 611 g/mol. The SMILES string of the molecule is c1ccc2c(c1)c1ccc(CN(CC3CO3)CC3CO3)cc1c1c3ccccc3c3cc(CN(CC4CO4)CC4CO4)ccc3c21. The lowest BCUT2D eigenvalue weighted by atomic mass is 9.86. The van der Waals surface area contributed by atoms with E-state index in [1.54, 1.807) is 0 Å². The molecule has 0 spiro atoms. The lowest BCUT2D eigenvalue weighted by Crippen LogP contribution is -2.31. The number of epoxide rings is 4. The predicted molar refractivity (Wildman–Crippen MR) is 183 cm³/mol. The molecule has 6 nitrogen and oxygen atoms in total. The summed E-state index contributed by atoms with van der Waals surface area (Å²) in [4.78, 5) is 5.03. The van der Waals surface area contributed by atoms with Gasteiger partial charge in [-0.15, -0.1) is 0 Å². The summed E-state index contributed by atoms with van der Waals surface area (Å²) < 4.78 is 22.4. The maximum Gasteiger partial charge on any atom is 0.0936 e. The largest absolute Gasteiger partial charge is 0.372 e. The van der Waals surface area contributed by atoms with E-state index in [4.69, 9.17) is 18.9 Å². The van der Waals surface area contributed by atoms with Gasteiger partial charge in [0.2, 0.25) is 0 Å². The molecule has 232 valence electrons. The summed E-state index contributed by atoms with van der Waals surface area (Å²) in [5.74, 6) is 0. The number of hydrogen-bond acceptors (Lipinski definition) is 6. The van der Waals surface area contributed by atoms with E-state index in [9.17, 15) is 0 Å². The Bertz CT molecular complexity index is 2100. The zero-order valence-corrected chi connectivity index (χ0v) is 26.0. The molecule has 0 radical (unpaired) electrons. The first-order valence-corrected chi connectivity index (χ1v) is 16.8. The van der Waals surface area contributed by atoms with Crippen molar-refractivity contribution >= 4 is 53.9 Å². The topological polar surface area (TPSA) is 56.6 Å². The molecule has 0 N–H and O–H groups in total. The Balaban J connectivity index is 1.15. The lowest BCUT2D eigenvalue weighted by Gasteiger charge is -2.22. The number of benzene rings is 6. The predicted octanol–water partition coefficient (Wildman–Crippen LogP) is 6.65. The van der Waals surface area contributed by atoms with Crippen LogP contribution in [0.15, 0.2) is 84.9 Å². The van der Waals surface area contributed by atoms with Crippen molar-refractivity contribution in [2.75, 3.05) is 52.6 Å². The minimum Gasteiger partial charge on any atom is -0.372 e. The van der Waals surface area contributed by atoms with Crippen LogP contribution in [0.4, 0.5) is 0 Å². The Morgan fingerprint density at radius 1 is 0.413 bits per heavy atom. The molecule has 6 heteroatoms. The van der Waals surface area contributed by atoms with Crippen LogP contribution < -0.4 is 0 Å². The van der Waals surface area contributed by atoms with Gasteiger partial charge in [0.05, 0.1) is 50.8 Å². The van der Waals surface area contributed by atoms with Crippen LogP contribution in [0.25, 0.3) is 53.9 Å². The van der Waals surface area contributed by atoms with Crippen LogP contribution in [0, 0.1) is 0 Å². The van der Waals surface area contributed by atoms with E-state index in [1.165, 1.54) is 65.0 Å². The minimum atomic E-state index is 0.361. The van der Waals surface area contributed by atoms with E-state index in [2.05, 4.69) is 94.7 Å². The molecular formula is C40H38N2O4. The quantitative estimate of drug-likeness (QED) is 0.114. The van der Waals surface area contributed by atoms with Crippen molar-refractivity contribution in [1.82, 2.24) is 9.80 Å². The van der Waals surface area contributed by atoms with Crippen molar-refractivity contribution in [3.63, 3.8) is 0 Å². The Kier molecular flexibility index (Phi) is 6.56. The molecule has 4 unspecified atom stereocenters. The normalized spacial score (nSPS) is 23.4. The molecule has 6 aromatic rings. The number of nitrogens with zero attached hydrogens (tertiary/aromatic N) is 2. The number of ether oxygens (including phenoxy) is 4. The van der Waals surface area contributed by atoms with Crippen molar-refractivity contribution in [2.45, 2.75) is 37.5 Å². The van der Waals surface area contributed by atoms with E-state index in [-0.39, 0.29) is 0 Å². The summed E-state index contributed by atoms with van der Waals surface area (Å²) in [5, 5.41) is 13.3. The number of fused-ring (bicyclic) bond motifs is 11. The first-order chi connectivity index (χ1) is 22.7. The van der Waals surface area contributed by atoms with Gasteiger partial charge in [0.1, 0.15) is 0 Å². The van der Waals surface area contributed by atoms with Crippen molar-refractivity contribution in [2.24, 2.45) is 0 Å². The molecule has 4 aliphatic rings. The Labute approximate surface area is 268 Å². The summed E-state index contributed by atoms with van der Waals surface area (Å²) in [5.41, 5.74) is 2.68. The molecule has 10 rings (SSSR count). The van der Waals surface area contributed by atoms with Crippen LogP contribution in [0.5, 0.6) is 0 Å². The van der Waals surface area contributed by atoms with E-state index in [0.717, 1.165) is 65.7 Å². The molecule has 4 fully saturated rings. The maximum absolute atomic E-state index is 5.62. The highest BCUT2D eigenvalue weighted by atomic mass is 16.6. The molecule has 0 aliphatic carbocycles. The molecule has 0 bridgehead atoms. The van der Waals surface area contributed by atoms with Gasteiger partial charge in [0.15, 0.2) is 0 Å². The third-order valence-electron chi connectivity index (χ3n) is 10.2. The fourth-order valence-corrected chi connectivity index (χ4v) is 7.73. The Morgan fingerprint density at radius 3 is 1.24 bits per heavy atom. The van der Waals surface area contributed by atoms with Gasteiger partial charge in [0.25, 0.3) is 0 Å². The van der Waals surface area contributed by atoms with Gasteiger partial charge >= 0.3 is 0 Å². The summed E-state index contributed by atoms with van der Waals surface area (Å²) in [7, 11) is 0. The molecule has 4 atom stereocenters. The molecule has 6 aromatic carbocycles. The van der Waals surface area contributed by atoms with Crippen molar-refractivity contribution in [3.8, 4) is 0 Å². The zero-order valence-electron chi connectivity index (χ0n) is 26.0. The lowest BCUT2D eigenvalue weighted by molar-refractivity contribution is 0.213. The van der Waals surface area contributed by atoms with Crippen LogP contribution >= 0.6 is 0 Å². The first-order valence-electron chi connectivity index (χ1n) is 16.8. The highest BCUT2D eigenvalue weighted by molar-refractivity contribution is 6.39. The second-order valence-electron chi connectivity index (χ2n) is 13.8. The summed E-state index contributed by atoms with van der Waals surface area (Å²) >= 11 is 0. The fraction of sp³-hybridized carbons (Fsp3) is 0.350. The molecule has 0 amide bonds. The van der Waals surface area contributed by atoms with Crippen LogP contribution in [0.1, 0.15) is 11.1 Å². The fourth-order valence-electron chi connectivity index (χ4n) is 7.73. The van der Waals surface area contributed by atoms with Crippen molar-refractivity contribution in [3.05, 3.63) is 96.1 Å². The Morgan fingerprint density at radius 2 is 0.761 bits per heavy atom. The van der Waals surface area contributed by atoms with Gasteiger partial charge in [-0.2, -0.15) is 0 Å². The van der Waals surface area contributed by atoms with E-state index < -0.39 is 0 Å². The summed E-state index contributed by atoms with van der Waals surface area (Å²) in [6.07, 6.45) is 1.45. The average Bonchev–Trinajstić information content (AvgIpc) is 3.88. The van der Waals surface area contributed by atoms with Crippen molar-refractivity contribution < 1.29 is 18.9 Å². The van der Waals surface area contributed by atoms with Crippen LogP contribution in [0.2, 0.25) is 0 Å². The molecule has 4 saturated heterocycles. The summed E-state index contributed by atoms with van der Waals surface area (Å²) in [6, 6.07) is 32.3. The summed E-state index contributed by atoms with van der Waals surface area (Å²) in [6.45, 7) is 9.16. The zero-order chi connectivity index (χ0) is 30.2. The van der Waals surface area contributed by atoms with Crippen LogP contribution in [-0.4, -0.2) is 86.8 Å². The smallest absolute Gasteiger partial charge is 0.0936 e. The minimum absolute atomic E-state index is 0.361. The highest BCUT2D eigenvalue weighted by Crippen LogP contribution is 2.44. The van der Waals surface area contributed by atoms with Crippen LogP contribution in [-0.2, 0) is 32.0 Å². The maximum atomic E-state index is 5.62. The monoisotopic (exact) mass is 610 g/mol. The molecule has 46 heavy (non-hydrogen) atoms. The third kappa shape index (κ3) is 5.33. The molecule has 0 saturated carbocycles. The Hall–Kier alpha value is -3.62. The second kappa shape index (κ2) is 11.0. The molecular weight excluding hydrogens is 572 g/mol. The van der Waals surface area contributed by atoms with Gasteiger partial charge in [-0.25, -0.2) is 0 Å². The van der Waals surface area contributed by atoms with Gasteiger partial charge < -0.3 is 18.9 Å². The molecule has 4 heterocycles. The number of hydrogen-bond donors (Lipinski definition) is 0. The van der Waals surface area contributed by atoms with Gasteiger partial charge in [-0.3, -0.25) is 9.80 Å². The standard InChI is InChI=1S/C40H38N2O4/c1-3-7-34-31(5-1)33-11-9-26(16-42(19-29-23-45-29)20-30-24-46-30)14-38(33)40-35-8-4-2-6-32(35)37-13-25(10-12-36(37)39(34)40)15-41(17-27-21-43-27)18-28-22-44-28/h1-14,27-30H,15-24H2. The highest BCUT2D eigenvalue weighted by Gasteiger charge is 2.32. The van der Waals surface area contributed by atoms with E-state index in [0.29, 0.717) is 24.4 Å². The van der Waals surface area contributed by atoms with Crippen LogP contribution in [0.3, 0.4) is 0 Å². The van der Waals surface area contributed by atoms with Crippen molar-refractivity contribution in [1.29, 1.82) is 0 Å². The first kappa shape index (κ1) is 27.5. The van der Waals surface area contributed by atoms with E-state index >= 15 is 0 Å². The van der Waals surface area contributed by atoms with E-state index in [1.807, 2.05) is 0 Å². The van der Waals surface area contributed by atoms with Gasteiger partial charge in [-0.1, -0.05) is 72.8 Å². The third-order valence-corrected chi connectivity index (χ3v) is 10.2. The second-order valence-corrected chi connectivity index (χ2v) is 13.8. The van der Waals surface area contributed by atoms with Gasteiger partial charge in [0, 0.05) is 39.3 Å². The molecule has 0 aromatic heterocycles. The van der Waals surface area contributed by atoms with Gasteiger partial charge in [-0.05, 0) is 77.1 Å².